The van der Waals surface area contributed by atoms with Crippen LogP contribution >= 0.6 is 0 Å². The van der Waals surface area contributed by atoms with Crippen LogP contribution in [0.1, 0.15) is 43.0 Å². The number of aliphatic carboxylic acids is 1. The van der Waals surface area contributed by atoms with Gasteiger partial charge in [-0.15, -0.1) is 0 Å². The predicted molar refractivity (Wildman–Crippen MR) is 106 cm³/mol. The Kier molecular flexibility index (Phi) is 8.00. The van der Waals surface area contributed by atoms with Crippen molar-refractivity contribution in [3.8, 4) is 0 Å². The zero-order valence-electron chi connectivity index (χ0n) is 16.9. The van der Waals surface area contributed by atoms with Crippen molar-refractivity contribution in [1.82, 2.24) is 0 Å². The van der Waals surface area contributed by atoms with Crippen LogP contribution in [0.25, 0.3) is 0 Å². The second-order valence-corrected chi connectivity index (χ2v) is 7.06. The van der Waals surface area contributed by atoms with E-state index in [1.54, 1.807) is 39.0 Å². The van der Waals surface area contributed by atoms with Gasteiger partial charge >= 0.3 is 12.1 Å². The van der Waals surface area contributed by atoms with Crippen molar-refractivity contribution in [1.29, 1.82) is 0 Å². The van der Waals surface area contributed by atoms with Crippen molar-refractivity contribution in [2.45, 2.75) is 52.2 Å². The Morgan fingerprint density at radius 1 is 1.10 bits per heavy atom. The quantitative estimate of drug-likeness (QED) is 0.452. The molecule has 0 aromatic heterocycles. The maximum absolute atomic E-state index is 12.6. The number of rotatable bonds is 9. The van der Waals surface area contributed by atoms with Crippen LogP contribution in [0.5, 0.6) is 0 Å². The first-order valence-corrected chi connectivity index (χ1v) is 9.36. The summed E-state index contributed by atoms with van der Waals surface area (Å²) in [6.45, 7) is 5.30. The summed E-state index contributed by atoms with van der Waals surface area (Å²) in [7, 11) is 0. The molecule has 0 aliphatic rings. The minimum atomic E-state index is -4.38. The molecule has 0 heterocycles. The molecule has 162 valence electrons. The van der Waals surface area contributed by atoms with Gasteiger partial charge in [0, 0.05) is 6.42 Å². The van der Waals surface area contributed by atoms with E-state index >= 15 is 0 Å². The van der Waals surface area contributed by atoms with E-state index in [1.807, 2.05) is 6.07 Å². The van der Waals surface area contributed by atoms with Gasteiger partial charge in [0.25, 0.3) is 0 Å². The first-order valence-electron chi connectivity index (χ1n) is 9.36. The average molecular weight is 423 g/mol. The second-order valence-electron chi connectivity index (χ2n) is 7.06. The summed E-state index contributed by atoms with van der Waals surface area (Å²) in [4.78, 5) is 16.6. The van der Waals surface area contributed by atoms with Crippen LogP contribution in [-0.2, 0) is 33.6 Å². The van der Waals surface area contributed by atoms with Gasteiger partial charge in [0.15, 0.2) is 6.10 Å². The van der Waals surface area contributed by atoms with Crippen molar-refractivity contribution in [2.24, 2.45) is 5.16 Å². The number of halogens is 3. The lowest BCUT2D eigenvalue weighted by atomic mass is 10.0. The highest BCUT2D eigenvalue weighted by Crippen LogP contribution is 2.29. The van der Waals surface area contributed by atoms with Crippen molar-refractivity contribution in [3.05, 3.63) is 70.8 Å². The van der Waals surface area contributed by atoms with Crippen LogP contribution in [0.2, 0.25) is 0 Å². The van der Waals surface area contributed by atoms with E-state index < -0.39 is 23.8 Å². The van der Waals surface area contributed by atoms with Crippen LogP contribution in [0.3, 0.4) is 0 Å². The van der Waals surface area contributed by atoms with E-state index in [4.69, 9.17) is 9.57 Å². The van der Waals surface area contributed by atoms with Gasteiger partial charge in [0.2, 0.25) is 0 Å². The first-order chi connectivity index (χ1) is 14.1. The molecular weight excluding hydrogens is 399 g/mol. The summed E-state index contributed by atoms with van der Waals surface area (Å²) in [6, 6.07) is 11.9. The van der Waals surface area contributed by atoms with Gasteiger partial charge in [-0.25, -0.2) is 4.79 Å². The molecule has 0 aliphatic carbocycles. The van der Waals surface area contributed by atoms with Crippen molar-refractivity contribution in [3.63, 3.8) is 0 Å². The fourth-order valence-corrected chi connectivity index (χ4v) is 2.71. The fourth-order valence-electron chi connectivity index (χ4n) is 2.71. The molecule has 0 saturated heterocycles. The lowest BCUT2D eigenvalue weighted by Crippen LogP contribution is -2.29. The molecule has 2 aromatic carbocycles. The molecule has 30 heavy (non-hydrogen) atoms. The third kappa shape index (κ3) is 7.18. The number of alkyl halides is 3. The Hall–Kier alpha value is -2.87. The van der Waals surface area contributed by atoms with Gasteiger partial charge in [-0.3, -0.25) is 0 Å². The van der Waals surface area contributed by atoms with E-state index in [-0.39, 0.29) is 19.1 Å². The molecule has 0 amide bonds. The lowest BCUT2D eigenvalue weighted by molar-refractivity contribution is -0.153. The maximum atomic E-state index is 12.6. The molecule has 0 spiro atoms. The molecule has 0 aliphatic heterocycles. The monoisotopic (exact) mass is 423 g/mol. The molecule has 8 heteroatoms. The SMILES string of the molecule is C/C(=N\OCc1ccc(C(F)(F)F)cc1)c1cccc(CC(OC(C)C)C(=O)O)c1. The molecule has 0 saturated carbocycles. The average Bonchev–Trinajstić information content (AvgIpc) is 2.67. The van der Waals surface area contributed by atoms with Crippen molar-refractivity contribution >= 4 is 11.7 Å². The molecule has 1 atom stereocenters. The van der Waals surface area contributed by atoms with Crippen molar-refractivity contribution in [2.75, 3.05) is 0 Å². The van der Waals surface area contributed by atoms with Crippen LogP contribution in [0, 0.1) is 0 Å². The van der Waals surface area contributed by atoms with Gasteiger partial charge in [-0.05, 0) is 55.7 Å². The Morgan fingerprint density at radius 3 is 2.33 bits per heavy atom. The number of nitrogens with zero attached hydrogens (tertiary/aromatic N) is 1. The van der Waals surface area contributed by atoms with Crippen molar-refractivity contribution < 1.29 is 32.6 Å². The Labute approximate surface area is 173 Å². The molecular formula is C22H24F3NO4. The van der Waals surface area contributed by atoms with Crippen LogP contribution < -0.4 is 0 Å². The minimum absolute atomic E-state index is 0.0263. The number of hydrogen-bond donors (Lipinski definition) is 1. The molecule has 0 fully saturated rings. The molecule has 2 aromatic rings. The summed E-state index contributed by atoms with van der Waals surface area (Å²) >= 11 is 0. The zero-order valence-corrected chi connectivity index (χ0v) is 16.9. The second kappa shape index (κ2) is 10.2. The molecule has 1 unspecified atom stereocenters. The molecule has 0 radical (unpaired) electrons. The van der Waals surface area contributed by atoms with E-state index in [0.717, 1.165) is 23.3 Å². The normalized spacial score (nSPS) is 13.4. The minimum Gasteiger partial charge on any atom is -0.479 e. The van der Waals surface area contributed by atoms with E-state index in [2.05, 4.69) is 5.16 Å². The Bertz CT molecular complexity index is 877. The first kappa shape index (κ1) is 23.4. The Balaban J connectivity index is 2.01. The standard InChI is InChI=1S/C22H24F3NO4/c1-14(2)30-20(21(27)28)12-17-5-4-6-18(11-17)15(3)26-29-13-16-7-9-19(10-8-16)22(23,24)25/h4-11,14,20H,12-13H2,1-3H3,(H,27,28)/b26-15+. The molecule has 5 nitrogen and oxygen atoms in total. The number of carboxylic acids is 1. The fraction of sp³-hybridized carbons (Fsp3) is 0.364. The number of hydrogen-bond acceptors (Lipinski definition) is 4. The largest absolute Gasteiger partial charge is 0.479 e. The summed E-state index contributed by atoms with van der Waals surface area (Å²) in [5.41, 5.74) is 1.92. The topological polar surface area (TPSA) is 68.1 Å². The summed E-state index contributed by atoms with van der Waals surface area (Å²) in [5, 5.41) is 13.3. The highest BCUT2D eigenvalue weighted by molar-refractivity contribution is 5.98. The van der Waals surface area contributed by atoms with E-state index in [1.165, 1.54) is 12.1 Å². The van der Waals surface area contributed by atoms with Gasteiger partial charge in [-0.2, -0.15) is 13.2 Å². The highest BCUT2D eigenvalue weighted by Gasteiger charge is 2.29. The predicted octanol–water partition coefficient (Wildman–Crippen LogP) is 5.07. The van der Waals surface area contributed by atoms with E-state index in [9.17, 15) is 23.1 Å². The number of ether oxygens (including phenoxy) is 1. The van der Waals surface area contributed by atoms with Gasteiger partial charge in [-0.1, -0.05) is 35.5 Å². The van der Waals surface area contributed by atoms with Gasteiger partial charge in [0.05, 0.1) is 17.4 Å². The lowest BCUT2D eigenvalue weighted by Gasteiger charge is -2.16. The third-order valence-electron chi connectivity index (χ3n) is 4.19. The van der Waals surface area contributed by atoms with Crippen LogP contribution in [0.4, 0.5) is 13.2 Å². The number of benzene rings is 2. The van der Waals surface area contributed by atoms with Crippen LogP contribution in [0.15, 0.2) is 53.7 Å². The third-order valence-corrected chi connectivity index (χ3v) is 4.19. The maximum Gasteiger partial charge on any atom is 0.416 e. The summed E-state index contributed by atoms with van der Waals surface area (Å²) in [6.07, 6.45) is -5.33. The smallest absolute Gasteiger partial charge is 0.416 e. The molecule has 0 bridgehead atoms. The highest BCUT2D eigenvalue weighted by atomic mass is 19.4. The summed E-state index contributed by atoms with van der Waals surface area (Å²) in [5.74, 6) is -1.03. The van der Waals surface area contributed by atoms with Crippen LogP contribution in [-0.4, -0.2) is 29.0 Å². The summed E-state index contributed by atoms with van der Waals surface area (Å²) < 4.78 is 43.2. The van der Waals surface area contributed by atoms with Gasteiger partial charge < -0.3 is 14.7 Å². The zero-order chi connectivity index (χ0) is 22.3. The number of carboxylic acid groups (broad SMARTS) is 1. The Morgan fingerprint density at radius 2 is 1.77 bits per heavy atom. The van der Waals surface area contributed by atoms with E-state index in [0.29, 0.717) is 11.3 Å². The molecule has 1 N–H and O–H groups in total. The van der Waals surface area contributed by atoms with Gasteiger partial charge in [0.1, 0.15) is 6.61 Å². The number of oxime groups is 1. The molecule has 2 rings (SSSR count). The number of carbonyl (C=O) groups is 1.